The van der Waals surface area contributed by atoms with E-state index in [9.17, 15) is 9.09 Å². The van der Waals surface area contributed by atoms with E-state index in [1.165, 1.54) is 0 Å². The van der Waals surface area contributed by atoms with E-state index in [1.807, 2.05) is 0 Å². The van der Waals surface area contributed by atoms with Gasteiger partial charge in [-0.05, 0) is 11.4 Å². The van der Waals surface area contributed by atoms with Gasteiger partial charge in [-0.3, -0.25) is 4.57 Å². The van der Waals surface area contributed by atoms with Crippen molar-refractivity contribution >= 4 is 37.8 Å². The van der Waals surface area contributed by atoms with Gasteiger partial charge >= 0.3 is 37.8 Å². The van der Waals surface area contributed by atoms with Gasteiger partial charge in [0.05, 0.1) is 6.61 Å². The van der Waals surface area contributed by atoms with Crippen LogP contribution in [0, 0.1) is 0 Å². The van der Waals surface area contributed by atoms with Crippen LogP contribution in [0.25, 0.3) is 0 Å². The Kier molecular flexibility index (Phi) is 11.9. The van der Waals surface area contributed by atoms with E-state index in [0.29, 0.717) is 0 Å². The molecule has 1 atom stereocenters. The molecule has 0 heterocycles. The monoisotopic (exact) mass is 152 g/mol. The van der Waals surface area contributed by atoms with Crippen LogP contribution in [-0.4, -0.2) is 36.2 Å². The van der Waals surface area contributed by atoms with E-state index in [2.05, 4.69) is 9.25 Å². The molecule has 0 aromatic heterocycles. The summed E-state index contributed by atoms with van der Waals surface area (Å²) >= 11 is 0. The maximum atomic E-state index is 10.7. The van der Waals surface area contributed by atoms with Crippen LogP contribution in [0.4, 0.5) is 4.53 Å². The molecule has 0 radical (unpaired) electrons. The number of hydrogen-bond donors (Lipinski definition) is 0. The summed E-state index contributed by atoms with van der Waals surface area (Å²) in [6.07, 6.45) is 0. The van der Waals surface area contributed by atoms with Crippen LogP contribution in [0.5, 0.6) is 0 Å². The molecule has 0 amide bonds. The average Bonchev–Trinajstić information content (AvgIpc) is 1.68. The number of halogens is 1. The van der Waals surface area contributed by atoms with E-state index in [0.717, 1.165) is 0 Å². The summed E-state index contributed by atoms with van der Waals surface area (Å²) in [6, 6.07) is 0. The molecule has 0 spiro atoms. The van der Waals surface area contributed by atoms with Crippen LogP contribution in [0.3, 0.4) is 0 Å². The predicted octanol–water partition coefficient (Wildman–Crippen LogP) is 0.665. The first kappa shape index (κ1) is 11.8. The molecule has 0 aliphatic heterocycles. The zero-order valence-electron chi connectivity index (χ0n) is 3.81. The minimum absolute atomic E-state index is 0. The molecule has 3 nitrogen and oxygen atoms in total. The summed E-state index contributed by atoms with van der Waals surface area (Å²) in [7, 11) is -2.80. The van der Waals surface area contributed by atoms with E-state index in [-0.39, 0.29) is 36.2 Å². The fraction of sp³-hybridized carbons (Fsp3) is 1.00. The van der Waals surface area contributed by atoms with Gasteiger partial charge < -0.3 is 4.52 Å². The number of hydrogen-bond acceptors (Lipinski definition) is 3. The van der Waals surface area contributed by atoms with Crippen LogP contribution in [0.15, 0.2) is 0 Å². The summed E-state index contributed by atoms with van der Waals surface area (Å²) in [5.41, 5.74) is 0. The summed E-state index contributed by atoms with van der Waals surface area (Å²) in [5, 5.41) is 0. The summed E-state index contributed by atoms with van der Waals surface area (Å²) in [6.45, 7) is 1.81. The summed E-state index contributed by atoms with van der Waals surface area (Å²) in [4.78, 5) is 0. The molecule has 46 valence electrons. The molecule has 0 aliphatic carbocycles. The predicted molar refractivity (Wildman–Crippen MR) is 30.0 cm³/mol. The van der Waals surface area contributed by atoms with Gasteiger partial charge in [0.15, 0.2) is 0 Å². The second-order valence-electron chi connectivity index (χ2n) is 0.760. The Bertz CT molecular complexity index is 70.3. The van der Waals surface area contributed by atoms with Gasteiger partial charge in [0.2, 0.25) is 0 Å². The van der Waals surface area contributed by atoms with Crippen LogP contribution >= 0.6 is 8.25 Å². The van der Waals surface area contributed by atoms with Crippen LogP contribution in [0.1, 0.15) is 6.92 Å². The van der Waals surface area contributed by atoms with Crippen molar-refractivity contribution in [1.29, 1.82) is 0 Å². The second kappa shape index (κ2) is 8.08. The van der Waals surface area contributed by atoms with Crippen molar-refractivity contribution < 1.29 is 18.3 Å². The summed E-state index contributed by atoms with van der Waals surface area (Å²) in [5.74, 6) is 0. The maximum absolute atomic E-state index is 10.7. The van der Waals surface area contributed by atoms with Gasteiger partial charge in [0.1, 0.15) is 0 Å². The van der Waals surface area contributed by atoms with Crippen molar-refractivity contribution in [2.75, 3.05) is 6.61 Å². The third kappa shape index (κ3) is 7.08. The van der Waals surface area contributed by atoms with Crippen molar-refractivity contribution in [3.8, 4) is 0 Å². The molecule has 0 saturated heterocycles. The SMILES string of the molecule is CCO[PH](=O)OF.[NaH]. The molecule has 0 rings (SSSR count). The molecule has 1 unspecified atom stereocenters. The van der Waals surface area contributed by atoms with Gasteiger partial charge in [-0.25, -0.2) is 0 Å². The van der Waals surface area contributed by atoms with Crippen molar-refractivity contribution in [3.63, 3.8) is 0 Å². The van der Waals surface area contributed by atoms with Crippen molar-refractivity contribution in [2.45, 2.75) is 6.92 Å². The van der Waals surface area contributed by atoms with E-state index < -0.39 is 8.25 Å². The average molecular weight is 152 g/mol. The summed E-state index contributed by atoms with van der Waals surface area (Å²) < 4.78 is 27.4. The molecule has 0 aliphatic rings. The normalized spacial score (nSPS) is 12.2. The first-order valence-corrected chi connectivity index (χ1v) is 2.99. The molecule has 8 heavy (non-hydrogen) atoms. The van der Waals surface area contributed by atoms with Gasteiger partial charge in [-0.15, -0.1) is 4.73 Å². The molecule has 0 saturated carbocycles. The molecule has 0 fully saturated rings. The Morgan fingerprint density at radius 2 is 2.25 bits per heavy atom. The first-order valence-electron chi connectivity index (χ1n) is 1.76. The van der Waals surface area contributed by atoms with Gasteiger partial charge in [-0.1, -0.05) is 0 Å². The Balaban J connectivity index is 0. The Labute approximate surface area is 69.7 Å². The molecular weight excluding hydrogens is 145 g/mol. The molecular formula is C2H7FNaO3P. The van der Waals surface area contributed by atoms with Crippen molar-refractivity contribution in [3.05, 3.63) is 0 Å². The van der Waals surface area contributed by atoms with E-state index in [4.69, 9.17) is 0 Å². The van der Waals surface area contributed by atoms with Gasteiger partial charge in [0, 0.05) is 0 Å². The van der Waals surface area contributed by atoms with Gasteiger partial charge in [-0.2, -0.15) is 0 Å². The third-order valence-corrected chi connectivity index (χ3v) is 0.976. The molecule has 6 heteroatoms. The quantitative estimate of drug-likeness (QED) is 0.440. The minimum atomic E-state index is -2.80. The Hall–Kier alpha value is 1.08. The van der Waals surface area contributed by atoms with Crippen LogP contribution < -0.4 is 0 Å². The standard InChI is InChI=1S/C2H6FO3P.Na.H/c1-2-5-7(4)6-3;;/h7H,2H2,1H3;;. The van der Waals surface area contributed by atoms with Crippen molar-refractivity contribution in [1.82, 2.24) is 0 Å². The van der Waals surface area contributed by atoms with Crippen molar-refractivity contribution in [2.24, 2.45) is 0 Å². The zero-order chi connectivity index (χ0) is 5.70. The Morgan fingerprint density at radius 1 is 1.75 bits per heavy atom. The topological polar surface area (TPSA) is 35.5 Å². The molecule has 0 N–H and O–H groups in total. The Morgan fingerprint density at radius 3 is 2.38 bits per heavy atom. The number of rotatable bonds is 3. The van der Waals surface area contributed by atoms with Crippen LogP contribution in [-0.2, 0) is 13.8 Å². The van der Waals surface area contributed by atoms with E-state index in [1.54, 1.807) is 6.92 Å². The molecule has 0 aromatic rings. The zero-order valence-corrected chi connectivity index (χ0v) is 4.81. The third-order valence-electron chi connectivity index (χ3n) is 0.325. The molecule has 0 aromatic carbocycles. The van der Waals surface area contributed by atoms with Crippen LogP contribution in [0.2, 0.25) is 0 Å². The fourth-order valence-electron chi connectivity index (χ4n) is 0.140. The van der Waals surface area contributed by atoms with E-state index >= 15 is 0 Å². The fourth-order valence-corrected chi connectivity index (χ4v) is 0.420. The van der Waals surface area contributed by atoms with Gasteiger partial charge in [0.25, 0.3) is 0 Å². The molecule has 0 bridgehead atoms. The second-order valence-corrected chi connectivity index (χ2v) is 1.70. The first-order chi connectivity index (χ1) is 3.31.